The molecule has 2 aromatic heterocycles. The molecule has 6 heteroatoms. The van der Waals surface area contributed by atoms with E-state index in [0.717, 1.165) is 5.69 Å². The molecule has 0 saturated heterocycles. The van der Waals surface area contributed by atoms with E-state index in [2.05, 4.69) is 9.97 Å². The van der Waals surface area contributed by atoms with E-state index in [-0.39, 0.29) is 5.76 Å². The number of hydrogen-bond donors (Lipinski definition) is 3. The number of aromatic nitrogens is 2. The Balaban J connectivity index is 2.23. The molecule has 0 amide bonds. The number of aryl methyl sites for hydroxylation is 1. The first-order valence-corrected chi connectivity index (χ1v) is 5.17. The molecule has 0 fully saturated rings. The molecular weight excluding hydrogens is 224 g/mol. The van der Waals surface area contributed by atoms with E-state index >= 15 is 0 Å². The van der Waals surface area contributed by atoms with Crippen LogP contribution in [0.15, 0.2) is 10.5 Å². The average molecular weight is 234 g/mol. The third-order valence-corrected chi connectivity index (χ3v) is 2.84. The van der Waals surface area contributed by atoms with E-state index in [1.54, 1.807) is 6.92 Å². The summed E-state index contributed by atoms with van der Waals surface area (Å²) in [6.07, 6.45) is -0.365. The molecule has 0 saturated carbocycles. The third-order valence-electron chi connectivity index (χ3n) is 2.84. The number of carboxylic acids is 1. The molecule has 1 atom stereocenters. The molecule has 3 rings (SSSR count). The molecule has 2 aromatic rings. The molecule has 0 bridgehead atoms. The highest BCUT2D eigenvalue weighted by atomic mass is 16.4. The topological polar surface area (TPSA) is 99.3 Å². The van der Waals surface area contributed by atoms with Crippen LogP contribution in [-0.4, -0.2) is 26.2 Å². The molecule has 0 spiro atoms. The zero-order valence-electron chi connectivity index (χ0n) is 9.02. The lowest BCUT2D eigenvalue weighted by molar-refractivity contribution is 0.0663. The molecule has 6 nitrogen and oxygen atoms in total. The minimum absolute atomic E-state index is 0.178. The molecule has 0 aliphatic heterocycles. The number of H-pyrrole nitrogens is 1. The summed E-state index contributed by atoms with van der Waals surface area (Å²) >= 11 is 0. The van der Waals surface area contributed by atoms with Gasteiger partial charge >= 0.3 is 5.97 Å². The number of carbonyl (C=O) groups is 1. The van der Waals surface area contributed by atoms with Crippen LogP contribution in [0.3, 0.4) is 0 Å². The summed E-state index contributed by atoms with van der Waals surface area (Å²) in [7, 11) is 0. The number of hydrogen-bond acceptors (Lipinski definition) is 4. The lowest BCUT2D eigenvalue weighted by Crippen LogP contribution is -2.08. The van der Waals surface area contributed by atoms with Crippen LogP contribution in [0.5, 0.6) is 0 Å². The van der Waals surface area contributed by atoms with Gasteiger partial charge in [-0.15, -0.1) is 0 Å². The Hall–Kier alpha value is -2.08. The Labute approximate surface area is 95.9 Å². The van der Waals surface area contributed by atoms with E-state index < -0.39 is 12.1 Å². The maximum atomic E-state index is 10.8. The highest BCUT2D eigenvalue weighted by molar-refractivity contribution is 5.86. The van der Waals surface area contributed by atoms with Crippen LogP contribution in [0, 0.1) is 6.92 Å². The fraction of sp³-hybridized carbons (Fsp3) is 0.273. The summed E-state index contributed by atoms with van der Waals surface area (Å²) in [5.74, 6) is -0.271. The van der Waals surface area contributed by atoms with Crippen molar-refractivity contribution in [3.8, 4) is 11.5 Å². The van der Waals surface area contributed by atoms with Gasteiger partial charge in [0.15, 0.2) is 5.76 Å². The highest BCUT2D eigenvalue weighted by Gasteiger charge is 2.31. The number of nitrogens with one attached hydrogen (secondary N) is 1. The number of aliphatic hydroxyl groups excluding tert-OH is 1. The number of aromatic amines is 1. The van der Waals surface area contributed by atoms with Gasteiger partial charge in [-0.1, -0.05) is 0 Å². The largest absolute Gasteiger partial charge is 0.475 e. The molecule has 3 N–H and O–H groups in total. The van der Waals surface area contributed by atoms with Crippen molar-refractivity contribution in [3.05, 3.63) is 28.9 Å². The lowest BCUT2D eigenvalue weighted by Gasteiger charge is -2.15. The average Bonchev–Trinajstić information content (AvgIpc) is 2.80. The molecule has 1 aliphatic rings. The normalized spacial score (nSPS) is 17.6. The monoisotopic (exact) mass is 234 g/mol. The van der Waals surface area contributed by atoms with Crippen molar-refractivity contribution >= 4 is 5.97 Å². The summed E-state index contributed by atoms with van der Waals surface area (Å²) in [5, 5.41) is 18.8. The molecule has 2 heterocycles. The van der Waals surface area contributed by atoms with Crippen molar-refractivity contribution in [2.45, 2.75) is 19.4 Å². The highest BCUT2D eigenvalue weighted by Crippen LogP contribution is 2.39. The Kier molecular flexibility index (Phi) is 1.90. The maximum absolute atomic E-state index is 10.8. The molecule has 1 unspecified atom stereocenters. The van der Waals surface area contributed by atoms with Crippen molar-refractivity contribution in [2.24, 2.45) is 0 Å². The second-order valence-electron chi connectivity index (χ2n) is 4.07. The van der Waals surface area contributed by atoms with Gasteiger partial charge < -0.3 is 19.6 Å². The minimum atomic E-state index is -1.15. The number of imidazole rings is 1. The molecule has 17 heavy (non-hydrogen) atoms. The van der Waals surface area contributed by atoms with Crippen LogP contribution in [0.1, 0.15) is 33.7 Å². The van der Waals surface area contributed by atoms with Crippen molar-refractivity contribution in [2.75, 3.05) is 0 Å². The summed E-state index contributed by atoms with van der Waals surface area (Å²) < 4.78 is 5.24. The van der Waals surface area contributed by atoms with E-state index in [9.17, 15) is 9.90 Å². The van der Waals surface area contributed by atoms with Gasteiger partial charge in [0.1, 0.15) is 11.5 Å². The Morgan fingerprint density at radius 2 is 2.41 bits per heavy atom. The summed E-state index contributed by atoms with van der Waals surface area (Å²) in [5.41, 5.74) is 1.85. The first-order valence-electron chi connectivity index (χ1n) is 5.17. The fourth-order valence-electron chi connectivity index (χ4n) is 2.12. The van der Waals surface area contributed by atoms with Gasteiger partial charge in [0.05, 0.1) is 6.10 Å². The summed E-state index contributed by atoms with van der Waals surface area (Å²) in [4.78, 5) is 18.1. The number of aliphatic hydroxyl groups is 1. The van der Waals surface area contributed by atoms with E-state index in [4.69, 9.17) is 9.52 Å². The number of rotatable bonds is 1. The zero-order chi connectivity index (χ0) is 12.2. The van der Waals surface area contributed by atoms with Gasteiger partial charge in [0.2, 0.25) is 5.76 Å². The number of fused-ring (bicyclic) bond motifs is 3. The van der Waals surface area contributed by atoms with Gasteiger partial charge in [-0.2, -0.15) is 0 Å². The standard InChI is InChI=1S/C11H10N2O4/c1-4-12-6-3-7(14)5-2-8(11(15)16)17-10(5)9(6)13-4/h2,7,14H,3H2,1H3,(H,12,13)(H,15,16). The van der Waals surface area contributed by atoms with Gasteiger partial charge in [0, 0.05) is 17.7 Å². The molecule has 1 aliphatic carbocycles. The van der Waals surface area contributed by atoms with E-state index in [1.165, 1.54) is 6.07 Å². The van der Waals surface area contributed by atoms with Gasteiger partial charge in [-0.3, -0.25) is 0 Å². The second kappa shape index (κ2) is 3.21. The second-order valence-corrected chi connectivity index (χ2v) is 4.07. The summed E-state index contributed by atoms with van der Waals surface area (Å²) in [6.45, 7) is 1.80. The first kappa shape index (κ1) is 10.1. The zero-order valence-corrected chi connectivity index (χ0v) is 9.02. The molecule has 88 valence electrons. The first-order chi connectivity index (χ1) is 8.06. The van der Waals surface area contributed by atoms with Crippen LogP contribution in [0.25, 0.3) is 11.5 Å². The summed E-state index contributed by atoms with van der Waals surface area (Å²) in [6, 6.07) is 1.36. The lowest BCUT2D eigenvalue weighted by atomic mass is 9.96. The molecule has 0 radical (unpaired) electrons. The van der Waals surface area contributed by atoms with E-state index in [1.807, 2.05) is 0 Å². The Morgan fingerprint density at radius 1 is 1.65 bits per heavy atom. The van der Waals surface area contributed by atoms with Crippen LogP contribution in [-0.2, 0) is 6.42 Å². The fourth-order valence-corrected chi connectivity index (χ4v) is 2.12. The number of furan rings is 1. The number of carboxylic acid groups (broad SMARTS) is 1. The van der Waals surface area contributed by atoms with Gasteiger partial charge in [-0.25, -0.2) is 9.78 Å². The van der Waals surface area contributed by atoms with Crippen molar-refractivity contribution in [1.29, 1.82) is 0 Å². The predicted octanol–water partition coefficient (Wildman–Crippen LogP) is 1.27. The van der Waals surface area contributed by atoms with Crippen molar-refractivity contribution < 1.29 is 19.4 Å². The van der Waals surface area contributed by atoms with Crippen LogP contribution in [0.4, 0.5) is 0 Å². The van der Waals surface area contributed by atoms with Crippen molar-refractivity contribution in [1.82, 2.24) is 9.97 Å². The Bertz CT molecular complexity index is 611. The third kappa shape index (κ3) is 1.38. The van der Waals surface area contributed by atoms with Crippen molar-refractivity contribution in [3.63, 3.8) is 0 Å². The molecular formula is C11H10N2O4. The predicted molar refractivity (Wildman–Crippen MR) is 56.6 cm³/mol. The van der Waals surface area contributed by atoms with E-state index in [0.29, 0.717) is 29.3 Å². The van der Waals surface area contributed by atoms with Crippen LogP contribution < -0.4 is 0 Å². The van der Waals surface area contributed by atoms with Gasteiger partial charge in [0.25, 0.3) is 0 Å². The maximum Gasteiger partial charge on any atom is 0.371 e. The Morgan fingerprint density at radius 3 is 3.12 bits per heavy atom. The minimum Gasteiger partial charge on any atom is -0.475 e. The van der Waals surface area contributed by atoms with Crippen LogP contribution in [0.2, 0.25) is 0 Å². The SMILES string of the molecule is Cc1nc2c([nH]1)CC(O)c1cc(C(=O)O)oc1-2. The quantitative estimate of drug-likeness (QED) is 0.689. The van der Waals surface area contributed by atoms with Gasteiger partial charge in [-0.05, 0) is 13.0 Å². The number of aromatic carboxylic acids is 1. The molecule has 0 aromatic carbocycles. The number of nitrogens with zero attached hydrogens (tertiary/aromatic N) is 1. The van der Waals surface area contributed by atoms with Crippen LogP contribution >= 0.6 is 0 Å². The smallest absolute Gasteiger partial charge is 0.371 e.